The summed E-state index contributed by atoms with van der Waals surface area (Å²) in [5.74, 6) is 2.64. The number of benzene rings is 3. The van der Waals surface area contributed by atoms with E-state index >= 15 is 0 Å². The molecule has 2 unspecified atom stereocenters. The highest BCUT2D eigenvalue weighted by atomic mass is 32.1. The van der Waals surface area contributed by atoms with Crippen LogP contribution in [0.4, 0.5) is 16.3 Å². The number of amides is 2. The Morgan fingerprint density at radius 3 is 2.55 bits per heavy atom. The highest BCUT2D eigenvalue weighted by Crippen LogP contribution is 2.38. The van der Waals surface area contributed by atoms with Crippen molar-refractivity contribution in [2.75, 3.05) is 24.4 Å². The van der Waals surface area contributed by atoms with E-state index in [4.69, 9.17) is 29.5 Å². The highest BCUT2D eigenvalue weighted by Gasteiger charge is 2.53. The molecule has 12 heteroatoms. The lowest BCUT2D eigenvalue weighted by atomic mass is 9.93. The fourth-order valence-corrected chi connectivity index (χ4v) is 6.24. The van der Waals surface area contributed by atoms with Crippen LogP contribution in [0.25, 0.3) is 26.4 Å². The number of hydrogen-bond acceptors (Lipinski definition) is 9. The van der Waals surface area contributed by atoms with Crippen molar-refractivity contribution in [2.45, 2.75) is 50.9 Å². The largest absolute Gasteiger partial charge is 0.497 e. The number of nitrogens with two attached hydrogens (primary N) is 1. The molecule has 1 aliphatic carbocycles. The quantitative estimate of drug-likeness (QED) is 0.141. The molecule has 242 valence electrons. The van der Waals surface area contributed by atoms with Gasteiger partial charge in [0.25, 0.3) is 0 Å². The summed E-state index contributed by atoms with van der Waals surface area (Å²) < 4.78 is 25.8. The lowest BCUT2D eigenvalue weighted by Gasteiger charge is -2.14. The predicted octanol–water partition coefficient (Wildman–Crippen LogP) is 7.22. The molecule has 6 aromatic rings. The molecule has 2 amide bonds. The van der Waals surface area contributed by atoms with E-state index in [1.807, 2.05) is 93.7 Å². The lowest BCUT2D eigenvalue weighted by Crippen LogP contribution is -2.35. The second kappa shape index (κ2) is 12.0. The number of anilines is 2. The van der Waals surface area contributed by atoms with Crippen molar-refractivity contribution in [1.82, 2.24) is 14.5 Å². The zero-order chi connectivity index (χ0) is 32.8. The molecule has 0 bridgehead atoms. The van der Waals surface area contributed by atoms with Gasteiger partial charge in [-0.05, 0) is 54.4 Å². The number of imidazole rings is 1. The topological polar surface area (TPSA) is 138 Å². The van der Waals surface area contributed by atoms with E-state index in [2.05, 4.69) is 20.2 Å². The number of thiazole rings is 1. The molecule has 3 aromatic heterocycles. The minimum atomic E-state index is -0.498. The Kier molecular flexibility index (Phi) is 7.87. The molecule has 3 heterocycles. The van der Waals surface area contributed by atoms with Gasteiger partial charge >= 0.3 is 6.03 Å². The Hall–Kier alpha value is -4.91. The van der Waals surface area contributed by atoms with Gasteiger partial charge < -0.3 is 29.8 Å². The number of aromatic nitrogens is 3. The second-order valence-electron chi connectivity index (χ2n) is 12.9. The Balaban J connectivity index is 0.941. The van der Waals surface area contributed by atoms with Crippen LogP contribution >= 0.6 is 11.3 Å². The molecule has 1 aliphatic rings. The van der Waals surface area contributed by atoms with E-state index in [1.54, 1.807) is 24.5 Å². The van der Waals surface area contributed by atoms with Crippen molar-refractivity contribution in [3.63, 3.8) is 0 Å². The number of fused-ring (bicyclic) bond motifs is 3. The maximum absolute atomic E-state index is 12.5. The number of carbonyl (C=O) groups is 1. The summed E-state index contributed by atoms with van der Waals surface area (Å²) in [5, 5.41) is 9.46. The molecule has 11 nitrogen and oxygen atoms in total. The first-order chi connectivity index (χ1) is 22.6. The second-order valence-corrected chi connectivity index (χ2v) is 13.9. The summed E-state index contributed by atoms with van der Waals surface area (Å²) in [6.07, 6.45) is 2.73. The Morgan fingerprint density at radius 2 is 1.83 bits per heavy atom. The third-order valence-corrected chi connectivity index (χ3v) is 9.18. The third kappa shape index (κ3) is 6.66. The van der Waals surface area contributed by atoms with Crippen molar-refractivity contribution in [1.29, 1.82) is 0 Å². The van der Waals surface area contributed by atoms with Crippen LogP contribution < -0.4 is 25.8 Å². The number of methoxy groups -OCH3 is 1. The number of nitrogens with zero attached hydrogens (tertiary/aromatic N) is 3. The molecule has 0 spiro atoms. The number of ether oxygens (including phenoxy) is 3. The average Bonchev–Trinajstić information content (AvgIpc) is 3.42. The van der Waals surface area contributed by atoms with E-state index < -0.39 is 11.6 Å². The molecular formula is C35H36N6O5S. The van der Waals surface area contributed by atoms with Gasteiger partial charge in [0.05, 0.1) is 41.3 Å². The number of urea groups is 1. The molecule has 47 heavy (non-hydrogen) atoms. The molecule has 0 aliphatic heterocycles. The summed E-state index contributed by atoms with van der Waals surface area (Å²) in [4.78, 5) is 18.2. The average molecular weight is 653 g/mol. The fourth-order valence-electron chi connectivity index (χ4n) is 5.20. The van der Waals surface area contributed by atoms with Crippen molar-refractivity contribution in [2.24, 2.45) is 5.73 Å². The van der Waals surface area contributed by atoms with Crippen molar-refractivity contribution in [3.8, 4) is 22.8 Å². The van der Waals surface area contributed by atoms with Crippen LogP contribution in [-0.4, -0.2) is 45.9 Å². The van der Waals surface area contributed by atoms with Crippen LogP contribution in [0.2, 0.25) is 0 Å². The number of nitrogens with one attached hydrogen (secondary N) is 2. The highest BCUT2D eigenvalue weighted by molar-refractivity contribution is 7.23. The van der Waals surface area contributed by atoms with E-state index in [0.29, 0.717) is 30.5 Å². The van der Waals surface area contributed by atoms with Crippen LogP contribution in [0, 0.1) is 0 Å². The molecule has 0 saturated heterocycles. The van der Waals surface area contributed by atoms with Crippen molar-refractivity contribution in [3.05, 3.63) is 90.3 Å². The summed E-state index contributed by atoms with van der Waals surface area (Å²) in [7, 11) is 1.65. The van der Waals surface area contributed by atoms with Crippen LogP contribution in [-0.2, 0) is 16.8 Å². The fraction of sp³-hybridized carbons (Fsp3) is 0.286. The molecular weight excluding hydrogens is 616 g/mol. The first-order valence-corrected chi connectivity index (χ1v) is 16.1. The normalized spacial score (nSPS) is 17.6. The van der Waals surface area contributed by atoms with E-state index in [9.17, 15) is 4.79 Å². The van der Waals surface area contributed by atoms with Gasteiger partial charge in [-0.3, -0.25) is 9.72 Å². The Labute approximate surface area is 275 Å². The Bertz CT molecular complexity index is 2040. The standard InChI is InChI=1S/C35H36N6O5S/c1-34(2,3)29-16-31(40-46-29)39-32(42)37-23-9-7-22(8-10-23)26-18-41-27-14-13-25(15-28(27)47-33(41)38-26)45-20-35(36)17-30(35)44-19-21-5-11-24(43-4)12-6-21/h5-16,18,30H,17,19-20,36H2,1-4H3,(H2,37,39,40,42). The van der Waals surface area contributed by atoms with Crippen LogP contribution in [0.5, 0.6) is 11.5 Å². The van der Waals surface area contributed by atoms with Crippen LogP contribution in [0.1, 0.15) is 38.5 Å². The molecule has 1 fully saturated rings. The van der Waals surface area contributed by atoms with Gasteiger partial charge in [-0.1, -0.05) is 61.5 Å². The van der Waals surface area contributed by atoms with Crippen LogP contribution in [0.3, 0.4) is 0 Å². The number of rotatable bonds is 10. The SMILES string of the molecule is COc1ccc(COC2CC2(N)COc2ccc3c(c2)sc2nc(-c4ccc(NC(=O)Nc5cc(C(C)(C)C)on5)cc4)cn23)cc1. The summed E-state index contributed by atoms with van der Waals surface area (Å²) in [6.45, 7) is 6.92. The van der Waals surface area contributed by atoms with Crippen LogP contribution in [0.15, 0.2) is 83.5 Å². The summed E-state index contributed by atoms with van der Waals surface area (Å²) in [6, 6.07) is 22.7. The van der Waals surface area contributed by atoms with E-state index in [-0.39, 0.29) is 11.5 Å². The van der Waals surface area contributed by atoms with Gasteiger partial charge in [0.2, 0.25) is 0 Å². The molecule has 2 atom stereocenters. The zero-order valence-corrected chi connectivity index (χ0v) is 27.4. The maximum Gasteiger partial charge on any atom is 0.324 e. The van der Waals surface area contributed by atoms with Gasteiger partial charge in [0, 0.05) is 28.9 Å². The van der Waals surface area contributed by atoms with Gasteiger partial charge in [-0.15, -0.1) is 0 Å². The van der Waals surface area contributed by atoms with Gasteiger partial charge in [-0.2, -0.15) is 0 Å². The minimum absolute atomic E-state index is 0.0416. The predicted molar refractivity (Wildman–Crippen MR) is 182 cm³/mol. The Morgan fingerprint density at radius 1 is 1.06 bits per heavy atom. The number of hydrogen-bond donors (Lipinski definition) is 3. The van der Waals surface area contributed by atoms with Gasteiger partial charge in [0.15, 0.2) is 10.8 Å². The van der Waals surface area contributed by atoms with Gasteiger partial charge in [-0.25, -0.2) is 9.78 Å². The van der Waals surface area contributed by atoms with Crippen molar-refractivity contribution >= 4 is 44.1 Å². The lowest BCUT2D eigenvalue weighted by molar-refractivity contribution is 0.0816. The first kappa shape index (κ1) is 30.7. The summed E-state index contributed by atoms with van der Waals surface area (Å²) >= 11 is 1.59. The molecule has 7 rings (SSSR count). The van der Waals surface area contributed by atoms with Gasteiger partial charge in [0.1, 0.15) is 23.9 Å². The minimum Gasteiger partial charge on any atom is -0.497 e. The zero-order valence-electron chi connectivity index (χ0n) is 26.6. The smallest absolute Gasteiger partial charge is 0.324 e. The maximum atomic E-state index is 12.5. The molecule has 0 radical (unpaired) electrons. The first-order valence-electron chi connectivity index (χ1n) is 15.3. The third-order valence-electron chi connectivity index (χ3n) is 8.16. The summed E-state index contributed by atoms with van der Waals surface area (Å²) in [5.41, 5.74) is 10.4. The molecule has 3 aromatic carbocycles. The van der Waals surface area contributed by atoms with E-state index in [1.165, 1.54) is 0 Å². The molecule has 4 N–H and O–H groups in total. The molecule has 1 saturated carbocycles. The van der Waals surface area contributed by atoms with E-state index in [0.717, 1.165) is 49.9 Å². The van der Waals surface area contributed by atoms with Crippen molar-refractivity contribution < 1.29 is 23.5 Å². The number of carbonyl (C=O) groups excluding carboxylic acids is 1. The monoisotopic (exact) mass is 652 g/mol.